The summed E-state index contributed by atoms with van der Waals surface area (Å²) in [7, 11) is 2.72. The first-order chi connectivity index (χ1) is 44.1. The van der Waals surface area contributed by atoms with E-state index in [-0.39, 0.29) is 30.3 Å². The maximum atomic E-state index is 9.00. The van der Waals surface area contributed by atoms with Gasteiger partial charge in [-0.15, -0.1) is 9.24 Å². The molecule has 0 spiro atoms. The van der Waals surface area contributed by atoms with Crippen LogP contribution in [0.4, 0.5) is 34.9 Å². The van der Waals surface area contributed by atoms with Crippen molar-refractivity contribution in [1.29, 1.82) is 21.0 Å². The molecule has 2 unspecified atom stereocenters. The van der Waals surface area contributed by atoms with E-state index in [1.165, 1.54) is 20.6 Å². The standard InChI is InChI=1S/C27H22N6.C15H10N5.C12H12BrN.2C8H18.C4H11P.C4H9.3CH3.H3P.Pd.Sn/c1-16(11-12-28)20-13-17(2)24(18(3)14-20)22-5-4-6-23-25(22)32-27(33-26(23)30)31-21-9-7-19(15-29)8-10-21;16-9-10-5-7-11(8-6-10)18-15-19-13-4-2-1-3-12(13)14(17)20-15;1-8(4-5-14)11-6-9(2)12(13)10(3)7-11;2*1-7(2,3)8(4,5)6;1-4(2,3)5;1-4(2)3;;;;;;/h4-11,13-14H,1-3H3,(H3,30,31,32,33);1-3,5-8H,(H3,17,18,19,20);4,6-7H,1-3H3;2*1-6H3;5H2,1-3H3;1-3H3;4*1H3;;/q;;;;;;-1;;;;;;/b16-11+;;8-4+;;;;;;;;;;. The minimum absolute atomic E-state index is 0. The van der Waals surface area contributed by atoms with Gasteiger partial charge in [-0.3, -0.25) is 0 Å². The summed E-state index contributed by atoms with van der Waals surface area (Å²) in [5, 5.41) is 43.9. The second-order valence-electron chi connectivity index (χ2n) is 30.8. The third-order valence-corrected chi connectivity index (χ3v) is 23.1. The van der Waals surface area contributed by atoms with Crippen molar-refractivity contribution in [2.45, 2.75) is 186 Å². The average molecular weight is 1620 g/mol. The van der Waals surface area contributed by atoms with Crippen LogP contribution in [0.2, 0.25) is 14.8 Å². The van der Waals surface area contributed by atoms with Crippen LogP contribution in [0.15, 0.2) is 126 Å². The molecule has 8 aromatic rings. The summed E-state index contributed by atoms with van der Waals surface area (Å²) in [6, 6.07) is 43.0. The number of nitrogens with zero attached hydrogens (tertiary/aromatic N) is 8. The van der Waals surface area contributed by atoms with Crippen LogP contribution in [0.3, 0.4) is 0 Å². The van der Waals surface area contributed by atoms with Crippen molar-refractivity contribution in [2.24, 2.45) is 21.7 Å². The molecule has 12 nitrogen and oxygen atoms in total. The van der Waals surface area contributed by atoms with Gasteiger partial charge < -0.3 is 17.0 Å². The number of nitriles is 4. The van der Waals surface area contributed by atoms with E-state index < -0.39 is 18.4 Å². The molecule has 0 saturated carbocycles. The zero-order valence-corrected chi connectivity index (χ0v) is 72.3. The summed E-state index contributed by atoms with van der Waals surface area (Å²) < 4.78 is 2.48. The van der Waals surface area contributed by atoms with Crippen LogP contribution < -0.4 is 25.7 Å². The van der Waals surface area contributed by atoms with Gasteiger partial charge in [0.25, 0.3) is 0 Å². The van der Waals surface area contributed by atoms with Crippen LogP contribution in [-0.2, 0) is 20.4 Å². The van der Waals surface area contributed by atoms with Gasteiger partial charge in [0.05, 0.1) is 29.3 Å². The number of aryl methyl sites for hydroxylation is 4. The smallest absolute Gasteiger partial charge is 0 e. The Morgan fingerprint density at radius 1 is 0.520 bits per heavy atom. The Morgan fingerprint density at radius 2 is 0.827 bits per heavy atom. The van der Waals surface area contributed by atoms with Gasteiger partial charge in [0, 0.05) is 53.7 Å². The molecule has 8 rings (SSSR count). The topological polar surface area (TPSA) is 223 Å². The third-order valence-electron chi connectivity index (χ3n) is 16.1. The fourth-order valence-electron chi connectivity index (χ4n) is 7.93. The summed E-state index contributed by atoms with van der Waals surface area (Å²) in [5.74, 6) is 3.15. The molecule has 2 heterocycles. The van der Waals surface area contributed by atoms with Crippen molar-refractivity contribution < 1.29 is 20.4 Å². The second-order valence-corrected chi connectivity index (χ2v) is 47.7. The van der Waals surface area contributed by atoms with Gasteiger partial charge in [-0.2, -0.15) is 51.4 Å². The van der Waals surface area contributed by atoms with Crippen LogP contribution in [0, 0.1) is 101 Å². The largest absolute Gasteiger partial charge is 0 e. The van der Waals surface area contributed by atoms with E-state index in [0.717, 1.165) is 82.2 Å². The molecule has 17 heteroatoms. The number of nitrogen functional groups attached to an aromatic ring is 2. The van der Waals surface area contributed by atoms with Gasteiger partial charge in [0.15, 0.2) is 0 Å². The van der Waals surface area contributed by atoms with E-state index in [1.54, 1.807) is 48.6 Å². The second kappa shape index (κ2) is 40.0. The number of aromatic nitrogens is 4. The fourth-order valence-corrected chi connectivity index (χ4v) is 12.4. The number of benzene rings is 6. The number of hydrogen-bond donors (Lipinski definition) is 4. The van der Waals surface area contributed by atoms with Crippen molar-refractivity contribution in [3.05, 3.63) is 176 Å². The Labute approximate surface area is 622 Å². The third kappa shape index (κ3) is 30.5. The van der Waals surface area contributed by atoms with Gasteiger partial charge in [-0.05, 0) is 149 Å². The van der Waals surface area contributed by atoms with Crippen molar-refractivity contribution in [1.82, 2.24) is 19.9 Å². The van der Waals surface area contributed by atoms with Crippen molar-refractivity contribution in [3.63, 3.8) is 0 Å². The summed E-state index contributed by atoms with van der Waals surface area (Å²) in [6.07, 6.45) is 3.13. The number of para-hydroxylation sites is 2. The molecule has 98 heavy (non-hydrogen) atoms. The number of nitrogens with two attached hydrogens (primary N) is 2. The summed E-state index contributed by atoms with van der Waals surface area (Å²) in [5.41, 5.74) is 29.4. The number of hydrogen-bond acceptors (Lipinski definition) is 12. The molecular formula is C81H112BrN12P2PdSn-. The Balaban J connectivity index is 0.00000126. The molecule has 0 aliphatic heterocycles. The SMILES string of the molecule is C/C(=C\C#N)c1cc(C)c(-c2cccc3c(N)nc(Nc4ccc(C#N)cc4)nc23)c(C)c1.C/C(=C\C#N)c1cc(C)c(Br)c(C)c1.CC(C)(C)C(C)(C)C.CC(C)(C)C(C)(C)C.CC(C)(C)P.C[C-](C)C.P.[CH3][Sn]([CH3])([CH3])[c]1cccc2c(N)nc(Nc3ccc(C#N)cc3)nc12.[Pd]. The quantitative estimate of drug-likeness (QED) is 0.0483. The van der Waals surface area contributed by atoms with E-state index in [0.29, 0.717) is 61.5 Å². The molecule has 2 aromatic heterocycles. The van der Waals surface area contributed by atoms with E-state index in [2.05, 4.69) is 261 Å². The molecule has 0 fully saturated rings. The van der Waals surface area contributed by atoms with Gasteiger partial charge >= 0.3 is 146 Å². The Morgan fingerprint density at radius 3 is 1.13 bits per heavy atom. The zero-order valence-electron chi connectivity index (χ0n) is 63.8. The number of nitrogens with one attached hydrogen (secondary N) is 2. The summed E-state index contributed by atoms with van der Waals surface area (Å²) in [6.45, 7) is 52.1. The normalized spacial score (nSPS) is 11.4. The molecule has 6 aromatic carbocycles. The molecular weight excluding hydrogens is 1510 g/mol. The van der Waals surface area contributed by atoms with Gasteiger partial charge in [0.2, 0.25) is 5.95 Å². The molecule has 2 atom stereocenters. The van der Waals surface area contributed by atoms with Crippen molar-refractivity contribution >= 4 is 125 Å². The minimum Gasteiger partial charge on any atom is 0 e. The van der Waals surface area contributed by atoms with Crippen molar-refractivity contribution in [2.75, 3.05) is 22.1 Å². The first-order valence-electron chi connectivity index (χ1n) is 32.3. The molecule has 0 aliphatic rings. The molecule has 528 valence electrons. The van der Waals surface area contributed by atoms with Gasteiger partial charge in [-0.1, -0.05) is 156 Å². The molecule has 0 amide bonds. The number of halogens is 1. The Bertz CT molecular complexity index is 4050. The maximum absolute atomic E-state index is 9.00. The maximum Gasteiger partial charge on any atom is 0 e. The number of rotatable bonds is 8. The number of allylic oxidation sites excluding steroid dienone is 4. The van der Waals surface area contributed by atoms with Crippen LogP contribution in [0.5, 0.6) is 0 Å². The molecule has 0 saturated heterocycles. The van der Waals surface area contributed by atoms with Crippen molar-refractivity contribution in [3.8, 4) is 35.4 Å². The van der Waals surface area contributed by atoms with Crippen LogP contribution in [0.1, 0.15) is 183 Å². The van der Waals surface area contributed by atoms with Crippen LogP contribution in [-0.4, -0.2) is 43.5 Å². The first-order valence-corrected chi connectivity index (χ1v) is 43.7. The van der Waals surface area contributed by atoms with E-state index in [4.69, 9.17) is 42.5 Å². The van der Waals surface area contributed by atoms with Gasteiger partial charge in [0.1, 0.15) is 5.82 Å². The monoisotopic (exact) mass is 1620 g/mol. The average Bonchev–Trinajstić information content (AvgIpc) is 0.775. The van der Waals surface area contributed by atoms with Crippen LogP contribution in [0.25, 0.3) is 44.1 Å². The van der Waals surface area contributed by atoms with E-state index in [9.17, 15) is 0 Å². The number of fused-ring (bicyclic) bond motifs is 2. The summed E-state index contributed by atoms with van der Waals surface area (Å²) in [4.78, 5) is 25.4. The molecule has 0 radical (unpaired) electrons. The van der Waals surface area contributed by atoms with E-state index >= 15 is 0 Å². The Kier molecular flexibility index (Phi) is 37.3. The zero-order chi connectivity index (χ0) is 73.6. The van der Waals surface area contributed by atoms with E-state index in [1.807, 2.05) is 62.4 Å². The first kappa shape index (κ1) is 91.4. The van der Waals surface area contributed by atoms with Gasteiger partial charge in [-0.25, -0.2) is 4.98 Å². The molecule has 6 N–H and O–H groups in total. The molecule has 0 bridgehead atoms. The minimum atomic E-state index is -2.33. The summed E-state index contributed by atoms with van der Waals surface area (Å²) >= 11 is 1.19. The predicted molar refractivity (Wildman–Crippen MR) is 435 cm³/mol. The number of anilines is 6. The fraction of sp³-hybridized carbons (Fsp3) is 0.395. The van der Waals surface area contributed by atoms with Crippen LogP contribution >= 0.6 is 35.1 Å². The predicted octanol–water partition coefficient (Wildman–Crippen LogP) is 22.9. The molecule has 0 aliphatic carbocycles. The Hall–Kier alpha value is -6.56.